The number of hydrogen-bond donors (Lipinski definition) is 1. The van der Waals surface area contributed by atoms with Gasteiger partial charge in [0.15, 0.2) is 0 Å². The van der Waals surface area contributed by atoms with Crippen molar-refractivity contribution in [3.05, 3.63) is 18.1 Å². The average molecular weight is 305 g/mol. The summed E-state index contributed by atoms with van der Waals surface area (Å²) in [5.41, 5.74) is 5.22. The number of nitrogens with zero attached hydrogens (tertiary/aromatic N) is 4. The summed E-state index contributed by atoms with van der Waals surface area (Å²) >= 11 is 0. The highest BCUT2D eigenvalue weighted by Crippen LogP contribution is 2.38. The van der Waals surface area contributed by atoms with E-state index in [1.165, 1.54) is 12.8 Å². The summed E-state index contributed by atoms with van der Waals surface area (Å²) < 4.78 is 5.79. The molecule has 2 aliphatic rings. The smallest absolute Gasteiger partial charge is 0.231 e. The lowest BCUT2D eigenvalue weighted by Gasteiger charge is -2.35. The summed E-state index contributed by atoms with van der Waals surface area (Å²) in [7, 11) is 1.88. The molecule has 1 aliphatic heterocycles. The highest BCUT2D eigenvalue weighted by Gasteiger charge is 2.28. The van der Waals surface area contributed by atoms with Crippen LogP contribution in [0, 0.1) is 0 Å². The molecule has 2 heterocycles. The van der Waals surface area contributed by atoms with Gasteiger partial charge < -0.3 is 15.4 Å². The zero-order valence-electron chi connectivity index (χ0n) is 12.9. The second-order valence-electron chi connectivity index (χ2n) is 6.15. The molecule has 1 saturated carbocycles. The Morgan fingerprint density at radius 3 is 3.09 bits per heavy atom. The van der Waals surface area contributed by atoms with Gasteiger partial charge in [-0.15, -0.1) is 0 Å². The third kappa shape index (κ3) is 3.92. The number of aromatic nitrogens is 2. The van der Waals surface area contributed by atoms with Crippen molar-refractivity contribution in [1.82, 2.24) is 14.9 Å². The maximum absolute atomic E-state index is 11.0. The molecule has 3 rings (SSSR count). The van der Waals surface area contributed by atoms with Crippen LogP contribution in [0.15, 0.2) is 12.3 Å². The molecule has 0 radical (unpaired) electrons. The SMILES string of the molecule is CN(CC(N)=O)C[C@@H]1CN(c2ccnc(C3CC3)n2)CCO1. The molecule has 0 aromatic carbocycles. The van der Waals surface area contributed by atoms with Gasteiger partial charge in [-0.25, -0.2) is 9.97 Å². The van der Waals surface area contributed by atoms with E-state index in [2.05, 4.69) is 9.88 Å². The predicted molar refractivity (Wildman–Crippen MR) is 82.7 cm³/mol. The van der Waals surface area contributed by atoms with Gasteiger partial charge in [0.2, 0.25) is 5.91 Å². The Bertz CT molecular complexity index is 534. The van der Waals surface area contributed by atoms with Crippen LogP contribution in [0.25, 0.3) is 0 Å². The minimum Gasteiger partial charge on any atom is -0.373 e. The Kier molecular flexibility index (Phi) is 4.54. The lowest BCUT2D eigenvalue weighted by atomic mass is 10.2. The number of primary amides is 1. The van der Waals surface area contributed by atoms with E-state index >= 15 is 0 Å². The molecule has 1 aromatic rings. The van der Waals surface area contributed by atoms with Crippen LogP contribution < -0.4 is 10.6 Å². The van der Waals surface area contributed by atoms with Crippen LogP contribution in [0.3, 0.4) is 0 Å². The van der Waals surface area contributed by atoms with Gasteiger partial charge in [-0.05, 0) is 26.0 Å². The first-order valence-electron chi connectivity index (χ1n) is 7.78. The predicted octanol–water partition coefficient (Wildman–Crippen LogP) is -0.0237. The molecule has 22 heavy (non-hydrogen) atoms. The van der Waals surface area contributed by atoms with Crippen LogP contribution in [-0.2, 0) is 9.53 Å². The number of hydrogen-bond acceptors (Lipinski definition) is 6. The van der Waals surface area contributed by atoms with Crippen molar-refractivity contribution in [1.29, 1.82) is 0 Å². The van der Waals surface area contributed by atoms with Crippen LogP contribution >= 0.6 is 0 Å². The van der Waals surface area contributed by atoms with Gasteiger partial charge in [-0.2, -0.15) is 0 Å². The van der Waals surface area contributed by atoms with E-state index in [-0.39, 0.29) is 18.6 Å². The first-order valence-corrected chi connectivity index (χ1v) is 7.78. The van der Waals surface area contributed by atoms with Gasteiger partial charge in [-0.1, -0.05) is 0 Å². The van der Waals surface area contributed by atoms with Crippen molar-refractivity contribution in [3.63, 3.8) is 0 Å². The van der Waals surface area contributed by atoms with E-state index in [0.717, 1.165) is 24.7 Å². The van der Waals surface area contributed by atoms with Gasteiger partial charge >= 0.3 is 0 Å². The van der Waals surface area contributed by atoms with E-state index in [9.17, 15) is 4.79 Å². The van der Waals surface area contributed by atoms with E-state index < -0.39 is 0 Å². The maximum Gasteiger partial charge on any atom is 0.231 e. The van der Waals surface area contributed by atoms with Crippen molar-refractivity contribution in [3.8, 4) is 0 Å². The Morgan fingerprint density at radius 1 is 1.55 bits per heavy atom. The molecule has 2 fully saturated rings. The van der Waals surface area contributed by atoms with E-state index in [0.29, 0.717) is 19.1 Å². The van der Waals surface area contributed by atoms with Gasteiger partial charge in [-0.3, -0.25) is 9.69 Å². The summed E-state index contributed by atoms with van der Waals surface area (Å²) in [5.74, 6) is 2.17. The fraction of sp³-hybridized carbons (Fsp3) is 0.667. The molecule has 1 aliphatic carbocycles. The van der Waals surface area contributed by atoms with Crippen molar-refractivity contribution >= 4 is 11.7 Å². The van der Waals surface area contributed by atoms with E-state index in [1.54, 1.807) is 0 Å². The van der Waals surface area contributed by atoms with Crippen LogP contribution in [0.4, 0.5) is 5.82 Å². The number of morpholine rings is 1. The molecule has 1 amide bonds. The van der Waals surface area contributed by atoms with E-state index in [4.69, 9.17) is 15.5 Å². The van der Waals surface area contributed by atoms with Crippen LogP contribution in [0.1, 0.15) is 24.6 Å². The van der Waals surface area contributed by atoms with Crippen molar-refractivity contribution in [2.75, 3.05) is 44.7 Å². The topological polar surface area (TPSA) is 84.6 Å². The van der Waals surface area contributed by atoms with Crippen molar-refractivity contribution in [2.24, 2.45) is 5.73 Å². The number of rotatable bonds is 6. The minimum atomic E-state index is -0.319. The Labute approximate surface area is 130 Å². The third-order valence-electron chi connectivity index (χ3n) is 4.01. The molecule has 0 unspecified atom stereocenters. The number of carbonyl (C=O) groups is 1. The monoisotopic (exact) mass is 305 g/mol. The molecule has 1 saturated heterocycles. The first kappa shape index (κ1) is 15.2. The Morgan fingerprint density at radius 2 is 2.36 bits per heavy atom. The second-order valence-corrected chi connectivity index (χ2v) is 6.15. The zero-order chi connectivity index (χ0) is 15.5. The molecule has 1 aromatic heterocycles. The highest BCUT2D eigenvalue weighted by molar-refractivity contribution is 5.75. The molecule has 0 spiro atoms. The minimum absolute atomic E-state index is 0.0532. The number of ether oxygens (including phenoxy) is 1. The average Bonchev–Trinajstić information content (AvgIpc) is 3.31. The summed E-state index contributed by atoms with van der Waals surface area (Å²) in [6.45, 7) is 3.19. The number of amides is 1. The largest absolute Gasteiger partial charge is 0.373 e. The lowest BCUT2D eigenvalue weighted by molar-refractivity contribution is -0.119. The normalized spacial score (nSPS) is 22.1. The van der Waals surface area contributed by atoms with Crippen LogP contribution in [0.5, 0.6) is 0 Å². The summed E-state index contributed by atoms with van der Waals surface area (Å²) in [6.07, 6.45) is 4.30. The number of likely N-dealkylation sites (N-methyl/N-ethyl adjacent to an activating group) is 1. The molecule has 0 bridgehead atoms. The molecule has 1 atom stereocenters. The van der Waals surface area contributed by atoms with Crippen molar-refractivity contribution < 1.29 is 9.53 Å². The van der Waals surface area contributed by atoms with E-state index in [1.807, 2.05) is 24.2 Å². The molecule has 7 heteroatoms. The number of anilines is 1. The fourth-order valence-electron chi connectivity index (χ4n) is 2.79. The molecule has 2 N–H and O–H groups in total. The summed E-state index contributed by atoms with van der Waals surface area (Å²) in [6, 6.07) is 1.96. The van der Waals surface area contributed by atoms with Crippen LogP contribution in [-0.4, -0.2) is 66.7 Å². The quantitative estimate of drug-likeness (QED) is 0.795. The summed E-state index contributed by atoms with van der Waals surface area (Å²) in [4.78, 5) is 24.1. The standard InChI is InChI=1S/C15H23N5O2/c1-19(10-13(16)21)8-12-9-20(6-7-22-12)14-4-5-17-15(18-14)11-2-3-11/h4-5,11-12H,2-3,6-10H2,1H3,(H2,16,21)/t12-/m1/s1. The molecular formula is C15H23N5O2. The second kappa shape index (κ2) is 6.58. The first-order chi connectivity index (χ1) is 10.6. The van der Waals surface area contributed by atoms with Gasteiger partial charge in [0, 0.05) is 31.7 Å². The fourth-order valence-corrected chi connectivity index (χ4v) is 2.79. The third-order valence-corrected chi connectivity index (χ3v) is 4.01. The van der Waals surface area contributed by atoms with Crippen molar-refractivity contribution in [2.45, 2.75) is 24.9 Å². The maximum atomic E-state index is 11.0. The van der Waals surface area contributed by atoms with Crippen LogP contribution in [0.2, 0.25) is 0 Å². The molecular weight excluding hydrogens is 282 g/mol. The zero-order valence-corrected chi connectivity index (χ0v) is 12.9. The highest BCUT2D eigenvalue weighted by atomic mass is 16.5. The Balaban J connectivity index is 1.60. The number of carbonyl (C=O) groups excluding carboxylic acids is 1. The summed E-state index contributed by atoms with van der Waals surface area (Å²) in [5, 5.41) is 0. The molecule has 7 nitrogen and oxygen atoms in total. The van der Waals surface area contributed by atoms with Gasteiger partial charge in [0.05, 0.1) is 19.3 Å². The molecule has 120 valence electrons. The van der Waals surface area contributed by atoms with Gasteiger partial charge in [0.25, 0.3) is 0 Å². The van der Waals surface area contributed by atoms with Gasteiger partial charge in [0.1, 0.15) is 11.6 Å². The lowest BCUT2D eigenvalue weighted by Crippen LogP contribution is -2.48. The Hall–Kier alpha value is -1.73. The number of nitrogens with two attached hydrogens (primary N) is 1.